The van der Waals surface area contributed by atoms with Gasteiger partial charge in [0.25, 0.3) is 0 Å². The highest BCUT2D eigenvalue weighted by molar-refractivity contribution is 7.61. The smallest absolute Gasteiger partial charge is 0.212 e. The zero-order chi connectivity index (χ0) is 11.4. The van der Waals surface area contributed by atoms with E-state index in [0.29, 0.717) is 0 Å². The second-order valence-electron chi connectivity index (χ2n) is 0.817. The van der Waals surface area contributed by atoms with Gasteiger partial charge in [-0.3, -0.25) is 0 Å². The fourth-order valence-corrected chi connectivity index (χ4v) is 0. The second-order valence-corrected chi connectivity index (χ2v) is 1.46. The van der Waals surface area contributed by atoms with Gasteiger partial charge >= 0.3 is 23.9 Å². The quantitative estimate of drug-likeness (QED) is 0.390. The molecular formula is C2H4F6N2O2S. The maximum atomic E-state index is 9.67. The molecule has 0 heterocycles. The van der Waals surface area contributed by atoms with Gasteiger partial charge in [-0.2, -0.15) is 34.8 Å². The van der Waals surface area contributed by atoms with Gasteiger partial charge in [0.15, 0.2) is 0 Å². The summed E-state index contributed by atoms with van der Waals surface area (Å²) in [4.78, 5) is 0. The molecule has 0 saturated heterocycles. The third-order valence-electron chi connectivity index (χ3n) is 0.0861. The zero-order valence-electron chi connectivity index (χ0n) is 5.67. The first-order valence-corrected chi connectivity index (χ1v) is 3.12. The van der Waals surface area contributed by atoms with Crippen LogP contribution in [-0.2, 0) is 10.5 Å². The van der Waals surface area contributed by atoms with Gasteiger partial charge in [-0.25, -0.2) is 5.84 Å². The summed E-state index contributed by atoms with van der Waals surface area (Å²) >= 11 is 0. The lowest BCUT2D eigenvalue weighted by molar-refractivity contribution is 0.00734. The monoisotopic (exact) mass is 234 g/mol. The van der Waals surface area contributed by atoms with Crippen LogP contribution in [0.15, 0.2) is 4.47 Å². The van der Waals surface area contributed by atoms with Gasteiger partial charge < -0.3 is 0 Å². The Morgan fingerprint density at radius 3 is 1.00 bits per heavy atom. The molecule has 0 radical (unpaired) electrons. The van der Waals surface area contributed by atoms with Crippen molar-refractivity contribution in [2.45, 2.75) is 13.4 Å². The Labute approximate surface area is 70.0 Å². The van der Waals surface area contributed by atoms with Crippen LogP contribution in [0.3, 0.4) is 0 Å². The number of halogens is 6. The van der Waals surface area contributed by atoms with Crippen molar-refractivity contribution in [3.63, 3.8) is 0 Å². The number of hydrogen-bond acceptors (Lipinski definition) is 3. The Balaban J connectivity index is -0.000000117. The molecule has 2 N–H and O–H groups in total. The molecule has 0 aromatic heterocycles. The Morgan fingerprint density at radius 1 is 0.923 bits per heavy atom. The van der Waals surface area contributed by atoms with E-state index in [4.69, 9.17) is 8.42 Å². The van der Waals surface area contributed by atoms with Gasteiger partial charge in [0.2, 0.25) is 0 Å². The van der Waals surface area contributed by atoms with E-state index in [9.17, 15) is 26.3 Å². The molecular weight excluding hydrogens is 230 g/mol. The first-order chi connectivity index (χ1) is 5.73. The van der Waals surface area contributed by atoms with E-state index < -0.39 is 23.9 Å². The van der Waals surface area contributed by atoms with Gasteiger partial charge in [-0.1, -0.05) is 4.47 Å². The van der Waals surface area contributed by atoms with Gasteiger partial charge in [0.05, 0.1) is 0 Å². The van der Waals surface area contributed by atoms with Crippen molar-refractivity contribution in [1.82, 2.24) is 0 Å². The summed E-state index contributed by atoms with van der Waals surface area (Å²) in [5.41, 5.74) is 0. The largest absolute Gasteiger partial charge is 0.379 e. The van der Waals surface area contributed by atoms with Gasteiger partial charge in [0.1, 0.15) is 0 Å². The van der Waals surface area contributed by atoms with E-state index in [-0.39, 0.29) is 0 Å². The number of nitrogens with zero attached hydrogens (tertiary/aromatic N) is 1. The first kappa shape index (κ1) is 18.0. The summed E-state index contributed by atoms with van der Waals surface area (Å²) < 4.78 is 78.5. The lowest BCUT2D eigenvalue weighted by Gasteiger charge is -1.65. The van der Waals surface area contributed by atoms with Crippen molar-refractivity contribution in [2.75, 3.05) is 0 Å². The molecule has 0 atom stereocenters. The molecule has 0 unspecified atom stereocenters. The Morgan fingerprint density at radius 2 is 1.00 bits per heavy atom. The van der Waals surface area contributed by atoms with Crippen LogP contribution in [0.1, 0.15) is 0 Å². The van der Waals surface area contributed by atoms with E-state index in [1.54, 1.807) is 0 Å². The molecule has 0 aromatic rings. The predicted molar refractivity (Wildman–Crippen MR) is 29.8 cm³/mol. The molecule has 0 aliphatic heterocycles. The van der Waals surface area contributed by atoms with Crippen molar-refractivity contribution in [3.05, 3.63) is 0 Å². The average Bonchev–Trinajstić information content (AvgIpc) is 1.84. The van der Waals surface area contributed by atoms with Gasteiger partial charge in [-0.05, 0) is 0 Å². The predicted octanol–water partition coefficient (Wildman–Crippen LogP) is 1.28. The Kier molecular flexibility index (Phi) is 19.1. The molecule has 0 rings (SSSR count). The van der Waals surface area contributed by atoms with E-state index in [1.807, 2.05) is 0 Å². The van der Waals surface area contributed by atoms with Crippen molar-refractivity contribution in [1.29, 1.82) is 0 Å². The fraction of sp³-hybridized carbons (Fsp3) is 1.00. The average molecular weight is 234 g/mol. The van der Waals surface area contributed by atoms with Crippen LogP contribution in [0.25, 0.3) is 0 Å². The molecule has 0 aromatic carbocycles. The lowest BCUT2D eigenvalue weighted by Crippen LogP contribution is -1.73. The number of nitrogens with two attached hydrogens (primary N) is 1. The molecule has 0 fully saturated rings. The molecule has 0 spiro atoms. The molecule has 11 heteroatoms. The fourth-order valence-electron chi connectivity index (χ4n) is 0. The molecule has 0 aliphatic rings. The summed E-state index contributed by atoms with van der Waals surface area (Å²) in [6.07, 6.45) is 0. The van der Waals surface area contributed by atoms with E-state index in [2.05, 4.69) is 10.3 Å². The number of rotatable bonds is 0. The molecule has 82 valence electrons. The highest BCUT2D eigenvalue weighted by Gasteiger charge is 1.86. The first-order valence-electron chi connectivity index (χ1n) is 2.08. The summed E-state index contributed by atoms with van der Waals surface area (Å²) in [5.74, 6) is 4.18. The molecule has 4 nitrogen and oxygen atoms in total. The summed E-state index contributed by atoms with van der Waals surface area (Å²) in [5, 5.41) is 0. The molecule has 0 amide bonds. The zero-order valence-corrected chi connectivity index (χ0v) is 6.49. The van der Waals surface area contributed by atoms with Crippen molar-refractivity contribution in [3.8, 4) is 0 Å². The minimum Gasteiger partial charge on any atom is -0.212 e. The van der Waals surface area contributed by atoms with Crippen molar-refractivity contribution >= 4 is 10.5 Å². The summed E-state index contributed by atoms with van der Waals surface area (Å²) in [6, 6.07) is 0. The third kappa shape index (κ3) is 696. The maximum Gasteiger partial charge on any atom is 0.379 e. The van der Waals surface area contributed by atoms with Gasteiger partial charge in [-0.15, -0.1) is 0 Å². The summed E-state index contributed by atoms with van der Waals surface area (Å²) in [7, 11) is -2.42. The minimum atomic E-state index is -3.67. The molecule has 0 saturated carbocycles. The number of alkyl halides is 6. The second kappa shape index (κ2) is 13.7. The van der Waals surface area contributed by atoms with Crippen LogP contribution in [0.5, 0.6) is 0 Å². The van der Waals surface area contributed by atoms with E-state index in [1.165, 1.54) is 0 Å². The standard InChI is InChI=1S/2CHF3.H2N2O2S/c2*2-1(3)4;1-2-5(3)4/h2*1H;1H2. The van der Waals surface area contributed by atoms with Crippen LogP contribution < -0.4 is 5.84 Å². The van der Waals surface area contributed by atoms with Gasteiger partial charge in [0, 0.05) is 0 Å². The van der Waals surface area contributed by atoms with Crippen molar-refractivity contribution < 1.29 is 34.8 Å². The van der Waals surface area contributed by atoms with Crippen LogP contribution >= 0.6 is 0 Å². The van der Waals surface area contributed by atoms with Crippen molar-refractivity contribution in [2.24, 2.45) is 10.3 Å². The Bertz CT molecular complexity index is 183. The Hall–Kier alpha value is -0.840. The normalized spacial score (nSPS) is 8.08. The van der Waals surface area contributed by atoms with Crippen LogP contribution in [-0.4, -0.2) is 21.8 Å². The lowest BCUT2D eigenvalue weighted by atomic mass is 11.6. The maximum absolute atomic E-state index is 9.67. The molecule has 13 heavy (non-hydrogen) atoms. The minimum absolute atomic E-state index is 2.31. The summed E-state index contributed by atoms with van der Waals surface area (Å²) in [6.45, 7) is -7.33. The highest BCUT2D eigenvalue weighted by atomic mass is 32.2. The molecule has 0 aliphatic carbocycles. The topological polar surface area (TPSA) is 72.5 Å². The SMILES string of the molecule is FC(F)F.FC(F)F.NN=S(=O)=O. The van der Waals surface area contributed by atoms with E-state index in [0.717, 1.165) is 0 Å². The van der Waals surface area contributed by atoms with Crippen LogP contribution in [0.2, 0.25) is 0 Å². The highest BCUT2D eigenvalue weighted by Crippen LogP contribution is 1.87. The van der Waals surface area contributed by atoms with Crippen LogP contribution in [0.4, 0.5) is 26.3 Å². The third-order valence-corrected chi connectivity index (χ3v) is 0.258. The molecule has 0 bridgehead atoms. The number of hydrogen-bond donors (Lipinski definition) is 1. The van der Waals surface area contributed by atoms with E-state index >= 15 is 0 Å². The van der Waals surface area contributed by atoms with Crippen LogP contribution in [0, 0.1) is 0 Å².